The van der Waals surface area contributed by atoms with Crippen molar-refractivity contribution in [3.63, 3.8) is 0 Å². The van der Waals surface area contributed by atoms with Gasteiger partial charge in [0.15, 0.2) is 17.3 Å². The number of aromatic nitrogens is 2. The summed E-state index contributed by atoms with van der Waals surface area (Å²) >= 11 is 3.02. The smallest absolute Gasteiger partial charge is 0.358 e. The molecule has 0 unspecified atom stereocenters. The first-order valence-corrected chi connectivity index (χ1v) is 6.03. The minimum atomic E-state index is -1.15. The van der Waals surface area contributed by atoms with Crippen LogP contribution in [0.4, 0.5) is 8.78 Å². The standard InChI is InChI=1S/C12H7BrF2N2O3/c1-19-12(18)8-4-17-10(5-16-8)20-9-3-6(13)2-7(14)11(9)15/h2-5H,1H3. The third kappa shape index (κ3) is 3.08. The molecule has 0 bridgehead atoms. The van der Waals surface area contributed by atoms with E-state index in [-0.39, 0.29) is 17.3 Å². The highest BCUT2D eigenvalue weighted by molar-refractivity contribution is 9.10. The van der Waals surface area contributed by atoms with Crippen molar-refractivity contribution < 1.29 is 23.0 Å². The van der Waals surface area contributed by atoms with Gasteiger partial charge in [0.25, 0.3) is 0 Å². The Kier molecular flexibility index (Phi) is 4.23. The topological polar surface area (TPSA) is 61.3 Å². The summed E-state index contributed by atoms with van der Waals surface area (Å²) in [7, 11) is 1.20. The lowest BCUT2D eigenvalue weighted by molar-refractivity contribution is 0.0593. The first-order valence-electron chi connectivity index (χ1n) is 5.24. The van der Waals surface area contributed by atoms with Gasteiger partial charge in [0, 0.05) is 4.47 Å². The number of methoxy groups -OCH3 is 1. The molecule has 0 aliphatic carbocycles. The van der Waals surface area contributed by atoms with Crippen molar-refractivity contribution in [2.45, 2.75) is 0 Å². The van der Waals surface area contributed by atoms with E-state index >= 15 is 0 Å². The molecule has 0 atom stereocenters. The van der Waals surface area contributed by atoms with Gasteiger partial charge in [-0.3, -0.25) is 0 Å². The Hall–Kier alpha value is -2.09. The fraction of sp³-hybridized carbons (Fsp3) is 0.0833. The highest BCUT2D eigenvalue weighted by atomic mass is 79.9. The van der Waals surface area contributed by atoms with Crippen molar-refractivity contribution >= 4 is 21.9 Å². The van der Waals surface area contributed by atoms with Gasteiger partial charge >= 0.3 is 5.97 Å². The minimum Gasteiger partial charge on any atom is -0.464 e. The van der Waals surface area contributed by atoms with Crippen molar-refractivity contribution in [2.75, 3.05) is 7.11 Å². The average Bonchev–Trinajstić information content (AvgIpc) is 2.44. The molecule has 104 valence electrons. The highest BCUT2D eigenvalue weighted by Crippen LogP contribution is 2.28. The van der Waals surface area contributed by atoms with E-state index in [2.05, 4.69) is 30.6 Å². The summed E-state index contributed by atoms with van der Waals surface area (Å²) in [5.74, 6) is -3.31. The number of ether oxygens (including phenoxy) is 2. The van der Waals surface area contributed by atoms with Crippen LogP contribution in [0.25, 0.3) is 0 Å². The quantitative estimate of drug-likeness (QED) is 0.632. The Morgan fingerprint density at radius 1 is 1.25 bits per heavy atom. The maximum Gasteiger partial charge on any atom is 0.358 e. The molecular formula is C12H7BrF2N2O3. The molecule has 0 aliphatic heterocycles. The van der Waals surface area contributed by atoms with Crippen LogP contribution in [0.15, 0.2) is 29.0 Å². The second kappa shape index (κ2) is 5.91. The summed E-state index contributed by atoms with van der Waals surface area (Å²) in [5, 5.41) is 0. The zero-order valence-electron chi connectivity index (χ0n) is 10.1. The van der Waals surface area contributed by atoms with Crippen LogP contribution in [0.2, 0.25) is 0 Å². The second-order valence-electron chi connectivity index (χ2n) is 3.53. The molecule has 0 radical (unpaired) electrons. The maximum atomic E-state index is 13.5. The fourth-order valence-electron chi connectivity index (χ4n) is 1.30. The van der Waals surface area contributed by atoms with Crippen LogP contribution >= 0.6 is 15.9 Å². The zero-order valence-corrected chi connectivity index (χ0v) is 11.6. The SMILES string of the molecule is COC(=O)c1cnc(Oc2cc(Br)cc(F)c2F)cn1. The predicted molar refractivity (Wildman–Crippen MR) is 67.5 cm³/mol. The van der Waals surface area contributed by atoms with Crippen LogP contribution in [0.1, 0.15) is 10.5 Å². The molecule has 2 rings (SSSR count). The Morgan fingerprint density at radius 3 is 2.60 bits per heavy atom. The third-order valence-corrected chi connectivity index (χ3v) is 2.65. The summed E-state index contributed by atoms with van der Waals surface area (Å²) in [4.78, 5) is 18.6. The van der Waals surface area contributed by atoms with E-state index in [9.17, 15) is 13.6 Å². The van der Waals surface area contributed by atoms with Gasteiger partial charge in [-0.05, 0) is 12.1 Å². The minimum absolute atomic E-state index is 0.0271. The number of rotatable bonds is 3. The summed E-state index contributed by atoms with van der Waals surface area (Å²) < 4.78 is 36.5. The molecule has 0 fully saturated rings. The molecule has 0 spiro atoms. The van der Waals surface area contributed by atoms with Gasteiger partial charge in [-0.25, -0.2) is 19.2 Å². The van der Waals surface area contributed by atoms with Crippen molar-refractivity contribution in [1.29, 1.82) is 0 Å². The summed E-state index contributed by atoms with van der Waals surface area (Å²) in [6.07, 6.45) is 2.21. The van der Waals surface area contributed by atoms with Gasteiger partial charge in [0.2, 0.25) is 11.7 Å². The Morgan fingerprint density at radius 2 is 2.00 bits per heavy atom. The lowest BCUT2D eigenvalue weighted by Crippen LogP contribution is -2.05. The van der Waals surface area contributed by atoms with Crippen LogP contribution in [0.3, 0.4) is 0 Å². The lowest BCUT2D eigenvalue weighted by Gasteiger charge is -2.07. The van der Waals surface area contributed by atoms with Gasteiger partial charge in [0.05, 0.1) is 19.5 Å². The van der Waals surface area contributed by atoms with E-state index in [1.54, 1.807) is 0 Å². The molecule has 1 aromatic heterocycles. The van der Waals surface area contributed by atoms with E-state index < -0.39 is 17.6 Å². The number of benzene rings is 1. The molecule has 20 heavy (non-hydrogen) atoms. The molecule has 0 saturated carbocycles. The molecular weight excluding hydrogens is 338 g/mol. The van der Waals surface area contributed by atoms with Gasteiger partial charge in [0.1, 0.15) is 0 Å². The first-order chi connectivity index (χ1) is 9.51. The maximum absolute atomic E-state index is 13.5. The van der Waals surface area contributed by atoms with Crippen LogP contribution in [-0.2, 0) is 4.74 Å². The average molecular weight is 345 g/mol. The van der Waals surface area contributed by atoms with E-state index in [0.717, 1.165) is 18.5 Å². The van der Waals surface area contributed by atoms with Gasteiger partial charge in [-0.1, -0.05) is 15.9 Å². The van der Waals surface area contributed by atoms with Crippen LogP contribution in [0, 0.1) is 11.6 Å². The summed E-state index contributed by atoms with van der Waals surface area (Å²) in [6, 6.07) is 2.21. The Labute approximate surface area is 120 Å². The van der Waals surface area contributed by atoms with Gasteiger partial charge in [-0.15, -0.1) is 0 Å². The Balaban J connectivity index is 2.24. The van der Waals surface area contributed by atoms with Crippen molar-refractivity contribution in [1.82, 2.24) is 9.97 Å². The van der Waals surface area contributed by atoms with Crippen LogP contribution in [0.5, 0.6) is 11.6 Å². The number of carbonyl (C=O) groups is 1. The molecule has 1 heterocycles. The first kappa shape index (κ1) is 14.3. The molecule has 8 heteroatoms. The molecule has 5 nitrogen and oxygen atoms in total. The normalized spacial score (nSPS) is 10.2. The van der Waals surface area contributed by atoms with Crippen molar-refractivity contribution in [3.05, 3.63) is 46.3 Å². The third-order valence-electron chi connectivity index (χ3n) is 2.20. The second-order valence-corrected chi connectivity index (χ2v) is 4.45. The zero-order chi connectivity index (χ0) is 14.7. The monoisotopic (exact) mass is 344 g/mol. The number of carbonyl (C=O) groups excluding carboxylic acids is 1. The molecule has 2 aromatic rings. The lowest BCUT2D eigenvalue weighted by atomic mass is 10.3. The number of halogens is 3. The van der Waals surface area contributed by atoms with E-state index in [1.165, 1.54) is 13.2 Å². The number of esters is 1. The van der Waals surface area contributed by atoms with E-state index in [0.29, 0.717) is 4.47 Å². The molecule has 1 aromatic carbocycles. The predicted octanol–water partition coefficient (Wildman–Crippen LogP) is 3.10. The van der Waals surface area contributed by atoms with Crippen molar-refractivity contribution in [3.8, 4) is 11.6 Å². The largest absolute Gasteiger partial charge is 0.464 e. The number of hydrogen-bond acceptors (Lipinski definition) is 5. The summed E-state index contributed by atoms with van der Waals surface area (Å²) in [5.41, 5.74) is -0.0271. The van der Waals surface area contributed by atoms with Crippen molar-refractivity contribution in [2.24, 2.45) is 0 Å². The number of nitrogens with zero attached hydrogens (tertiary/aromatic N) is 2. The molecule has 0 saturated heterocycles. The Bertz CT molecular complexity index is 650. The molecule has 0 aliphatic rings. The fourth-order valence-corrected chi connectivity index (χ4v) is 1.71. The van der Waals surface area contributed by atoms with E-state index in [4.69, 9.17) is 4.74 Å². The van der Waals surface area contributed by atoms with Gasteiger partial charge in [-0.2, -0.15) is 4.39 Å². The number of hydrogen-bond donors (Lipinski definition) is 0. The van der Waals surface area contributed by atoms with Crippen LogP contribution < -0.4 is 4.74 Å². The molecule has 0 N–H and O–H groups in total. The van der Waals surface area contributed by atoms with Crippen LogP contribution in [-0.4, -0.2) is 23.0 Å². The summed E-state index contributed by atoms with van der Waals surface area (Å²) in [6.45, 7) is 0. The van der Waals surface area contributed by atoms with Gasteiger partial charge < -0.3 is 9.47 Å². The van der Waals surface area contributed by atoms with E-state index in [1.807, 2.05) is 0 Å². The molecule has 0 amide bonds. The highest BCUT2D eigenvalue weighted by Gasteiger charge is 2.14.